The second-order valence-electron chi connectivity index (χ2n) is 6.19. The van der Waals surface area contributed by atoms with Crippen molar-refractivity contribution in [1.29, 1.82) is 0 Å². The number of amides is 2. The molecule has 7 nitrogen and oxygen atoms in total. The van der Waals surface area contributed by atoms with Gasteiger partial charge in [0.15, 0.2) is 16.4 Å². The molecule has 0 radical (unpaired) electrons. The van der Waals surface area contributed by atoms with Gasteiger partial charge in [0.05, 0.1) is 16.3 Å². The summed E-state index contributed by atoms with van der Waals surface area (Å²) in [6.45, 7) is 2.40. The Hall–Kier alpha value is -2.39. The van der Waals surface area contributed by atoms with E-state index in [1.54, 1.807) is 11.3 Å². The van der Waals surface area contributed by atoms with Crippen molar-refractivity contribution in [3.8, 4) is 5.75 Å². The zero-order valence-electron chi connectivity index (χ0n) is 14.8. The molecule has 0 unspecified atom stereocenters. The van der Waals surface area contributed by atoms with Crippen molar-refractivity contribution in [3.63, 3.8) is 0 Å². The molecule has 2 amide bonds. The zero-order valence-corrected chi connectivity index (χ0v) is 16.4. The van der Waals surface area contributed by atoms with Crippen LogP contribution >= 0.6 is 11.3 Å². The van der Waals surface area contributed by atoms with Gasteiger partial charge in [-0.25, -0.2) is 8.42 Å². The van der Waals surface area contributed by atoms with Crippen molar-refractivity contribution in [2.45, 2.75) is 24.7 Å². The number of ether oxygens (including phenoxy) is 1. The number of rotatable bonds is 7. The van der Waals surface area contributed by atoms with Crippen molar-refractivity contribution in [3.05, 3.63) is 40.1 Å². The molecule has 2 N–H and O–H groups in total. The van der Waals surface area contributed by atoms with E-state index in [1.165, 1.54) is 28.6 Å². The SMILES string of the molecule is Cc1ccsc1CCNC(=O)CCS(=O)(=O)c1ccc2c(c1)NC(=O)CO2. The van der Waals surface area contributed by atoms with Crippen LogP contribution in [0.15, 0.2) is 34.5 Å². The zero-order chi connectivity index (χ0) is 19.4. The molecular weight excluding hydrogens is 388 g/mol. The summed E-state index contributed by atoms with van der Waals surface area (Å²) >= 11 is 1.64. The summed E-state index contributed by atoms with van der Waals surface area (Å²) in [6, 6.07) is 6.31. The fourth-order valence-corrected chi connectivity index (χ4v) is 4.84. The number of thiophene rings is 1. The molecule has 1 aromatic carbocycles. The fourth-order valence-electron chi connectivity index (χ4n) is 2.66. The lowest BCUT2D eigenvalue weighted by atomic mass is 10.2. The Balaban J connectivity index is 1.53. The second-order valence-corrected chi connectivity index (χ2v) is 9.30. The summed E-state index contributed by atoms with van der Waals surface area (Å²) in [5, 5.41) is 7.34. The minimum Gasteiger partial charge on any atom is -0.482 e. The normalized spacial score (nSPS) is 13.4. The monoisotopic (exact) mass is 408 g/mol. The van der Waals surface area contributed by atoms with E-state index in [2.05, 4.69) is 10.6 Å². The van der Waals surface area contributed by atoms with Crippen molar-refractivity contribution < 1.29 is 22.7 Å². The number of nitrogens with one attached hydrogen (secondary N) is 2. The van der Waals surface area contributed by atoms with Crippen LogP contribution in [-0.2, 0) is 25.8 Å². The molecule has 1 aliphatic heterocycles. The Morgan fingerprint density at radius 3 is 2.89 bits per heavy atom. The first-order valence-electron chi connectivity index (χ1n) is 8.44. The van der Waals surface area contributed by atoms with Crippen LogP contribution in [0, 0.1) is 6.92 Å². The van der Waals surface area contributed by atoms with E-state index in [1.807, 2.05) is 18.4 Å². The van der Waals surface area contributed by atoms with Gasteiger partial charge in [-0.05, 0) is 48.6 Å². The maximum atomic E-state index is 12.5. The molecule has 0 spiro atoms. The number of fused-ring (bicyclic) bond motifs is 1. The number of benzene rings is 1. The third kappa shape index (κ3) is 4.86. The van der Waals surface area contributed by atoms with Gasteiger partial charge in [0.25, 0.3) is 5.91 Å². The molecule has 0 saturated carbocycles. The van der Waals surface area contributed by atoms with Crippen molar-refractivity contribution in [1.82, 2.24) is 5.32 Å². The van der Waals surface area contributed by atoms with Gasteiger partial charge in [-0.3, -0.25) is 9.59 Å². The Kier molecular flexibility index (Phi) is 5.81. The summed E-state index contributed by atoms with van der Waals surface area (Å²) in [7, 11) is -3.65. The molecule has 1 aromatic heterocycles. The minimum atomic E-state index is -3.65. The van der Waals surface area contributed by atoms with Crippen LogP contribution < -0.4 is 15.4 Å². The Morgan fingerprint density at radius 2 is 2.15 bits per heavy atom. The van der Waals surface area contributed by atoms with Gasteiger partial charge in [0.2, 0.25) is 5.91 Å². The van der Waals surface area contributed by atoms with Crippen LogP contribution in [-0.4, -0.2) is 39.1 Å². The lowest BCUT2D eigenvalue weighted by Crippen LogP contribution is -2.28. The molecule has 0 saturated heterocycles. The highest BCUT2D eigenvalue weighted by Gasteiger charge is 2.21. The summed E-state index contributed by atoms with van der Waals surface area (Å²) in [5.74, 6) is -0.514. The van der Waals surface area contributed by atoms with Gasteiger partial charge in [0, 0.05) is 17.8 Å². The molecular formula is C18H20N2O5S2. The number of hydrogen-bond acceptors (Lipinski definition) is 6. The fraction of sp³-hybridized carbons (Fsp3) is 0.333. The van der Waals surface area contributed by atoms with Gasteiger partial charge >= 0.3 is 0 Å². The predicted octanol–water partition coefficient (Wildman–Crippen LogP) is 1.91. The van der Waals surface area contributed by atoms with Gasteiger partial charge in [-0.2, -0.15) is 0 Å². The highest BCUT2D eigenvalue weighted by molar-refractivity contribution is 7.91. The molecule has 0 atom stereocenters. The van der Waals surface area contributed by atoms with Crippen LogP contribution in [0.2, 0.25) is 0 Å². The van der Waals surface area contributed by atoms with E-state index in [4.69, 9.17) is 4.74 Å². The lowest BCUT2D eigenvalue weighted by molar-refractivity contribution is -0.120. The Morgan fingerprint density at radius 1 is 1.33 bits per heavy atom. The minimum absolute atomic E-state index is 0.0501. The van der Waals surface area contributed by atoms with Crippen LogP contribution in [0.3, 0.4) is 0 Å². The van der Waals surface area contributed by atoms with Crippen LogP contribution in [0.1, 0.15) is 16.9 Å². The molecule has 0 bridgehead atoms. The largest absolute Gasteiger partial charge is 0.482 e. The standard InChI is InChI=1S/C18H20N2O5S2/c1-12-5-8-26-16(12)4-7-19-17(21)6-9-27(23,24)13-2-3-15-14(10-13)20-18(22)11-25-15/h2-3,5,8,10H,4,6-7,9,11H2,1H3,(H,19,21)(H,20,22). The highest BCUT2D eigenvalue weighted by atomic mass is 32.2. The Labute approximate surface area is 161 Å². The number of carbonyl (C=O) groups is 2. The van der Waals surface area contributed by atoms with Gasteiger partial charge in [0.1, 0.15) is 5.75 Å². The molecule has 9 heteroatoms. The topological polar surface area (TPSA) is 102 Å². The van der Waals surface area contributed by atoms with Crippen molar-refractivity contribution in [2.75, 3.05) is 24.2 Å². The first-order valence-corrected chi connectivity index (χ1v) is 11.0. The molecule has 0 fully saturated rings. The maximum absolute atomic E-state index is 12.5. The first kappa shape index (κ1) is 19.4. The van der Waals surface area contributed by atoms with Gasteiger partial charge in [-0.15, -0.1) is 11.3 Å². The molecule has 3 rings (SSSR count). The third-order valence-electron chi connectivity index (χ3n) is 4.18. The van der Waals surface area contributed by atoms with Crippen molar-refractivity contribution >= 4 is 38.7 Å². The quantitative estimate of drug-likeness (QED) is 0.729. The first-order chi connectivity index (χ1) is 12.8. The summed E-state index contributed by atoms with van der Waals surface area (Å²) in [4.78, 5) is 24.6. The number of carbonyl (C=O) groups excluding carboxylic acids is 2. The molecule has 1 aliphatic rings. The lowest BCUT2D eigenvalue weighted by Gasteiger charge is -2.18. The van der Waals surface area contributed by atoms with E-state index in [0.717, 1.165) is 6.42 Å². The number of sulfone groups is 1. The summed E-state index contributed by atoms with van der Waals surface area (Å²) in [6.07, 6.45) is 0.609. The average Bonchev–Trinajstić information content (AvgIpc) is 3.04. The van der Waals surface area contributed by atoms with E-state index in [0.29, 0.717) is 18.0 Å². The molecule has 144 valence electrons. The maximum Gasteiger partial charge on any atom is 0.262 e. The molecule has 0 aliphatic carbocycles. The second kappa shape index (κ2) is 8.10. The summed E-state index contributed by atoms with van der Waals surface area (Å²) in [5.41, 5.74) is 1.52. The van der Waals surface area contributed by atoms with Gasteiger partial charge in [-0.1, -0.05) is 0 Å². The molecule has 2 heterocycles. The van der Waals surface area contributed by atoms with E-state index >= 15 is 0 Å². The number of aryl methyl sites for hydroxylation is 1. The smallest absolute Gasteiger partial charge is 0.262 e. The van der Waals surface area contributed by atoms with E-state index < -0.39 is 9.84 Å². The summed E-state index contributed by atoms with van der Waals surface area (Å²) < 4.78 is 30.2. The number of anilines is 1. The van der Waals surface area contributed by atoms with E-state index in [-0.39, 0.29) is 35.5 Å². The number of hydrogen-bond donors (Lipinski definition) is 2. The van der Waals surface area contributed by atoms with Crippen molar-refractivity contribution in [2.24, 2.45) is 0 Å². The van der Waals surface area contributed by atoms with Crippen LogP contribution in [0.25, 0.3) is 0 Å². The average molecular weight is 409 g/mol. The highest BCUT2D eigenvalue weighted by Crippen LogP contribution is 2.30. The van der Waals surface area contributed by atoms with E-state index in [9.17, 15) is 18.0 Å². The van der Waals surface area contributed by atoms with Crippen LogP contribution in [0.5, 0.6) is 5.75 Å². The van der Waals surface area contributed by atoms with Crippen LogP contribution in [0.4, 0.5) is 5.69 Å². The predicted molar refractivity (Wildman–Crippen MR) is 103 cm³/mol. The van der Waals surface area contributed by atoms with Gasteiger partial charge < -0.3 is 15.4 Å². The third-order valence-corrected chi connectivity index (χ3v) is 6.98. The molecule has 2 aromatic rings. The Bertz CT molecular complexity index is 966. The molecule has 27 heavy (non-hydrogen) atoms.